The first-order valence-electron chi connectivity index (χ1n) is 8.47. The van der Waals surface area contributed by atoms with E-state index in [-0.39, 0.29) is 29.9 Å². The highest BCUT2D eigenvalue weighted by Crippen LogP contribution is 2.07. The second-order valence-corrected chi connectivity index (χ2v) is 6.76. The lowest BCUT2D eigenvalue weighted by atomic mass is 10.1. The highest BCUT2D eigenvalue weighted by atomic mass is 127. The van der Waals surface area contributed by atoms with Crippen molar-refractivity contribution in [3.63, 3.8) is 0 Å². The molecule has 1 amide bonds. The number of carbonyl (C=O) groups excluding carboxylic acids is 1. The maximum atomic E-state index is 11.8. The standard InChI is InChI=1S/C17H30N4OS.HI/c1-4-18-17(20-10-5-8-14(2)3)21-12-7-11-19-16(22)15-9-6-13-23-15;/h6,9,13-14H,4-5,7-8,10-12H2,1-3H3,(H,19,22)(H2,18,20,21);1H. The van der Waals surface area contributed by atoms with Crippen LogP contribution in [0.1, 0.15) is 49.7 Å². The predicted octanol–water partition coefficient (Wildman–Crippen LogP) is 3.48. The van der Waals surface area contributed by atoms with Crippen molar-refractivity contribution in [1.82, 2.24) is 16.0 Å². The van der Waals surface area contributed by atoms with Gasteiger partial charge in [-0.05, 0) is 43.6 Å². The van der Waals surface area contributed by atoms with Crippen LogP contribution in [0.5, 0.6) is 0 Å². The van der Waals surface area contributed by atoms with E-state index in [9.17, 15) is 4.79 Å². The smallest absolute Gasteiger partial charge is 0.261 e. The van der Waals surface area contributed by atoms with Gasteiger partial charge in [-0.3, -0.25) is 9.79 Å². The first-order valence-corrected chi connectivity index (χ1v) is 9.35. The van der Waals surface area contributed by atoms with Crippen LogP contribution in [0.2, 0.25) is 0 Å². The molecule has 3 N–H and O–H groups in total. The highest BCUT2D eigenvalue weighted by Gasteiger charge is 2.04. The summed E-state index contributed by atoms with van der Waals surface area (Å²) in [7, 11) is 0. The van der Waals surface area contributed by atoms with E-state index in [0.717, 1.165) is 42.7 Å². The van der Waals surface area contributed by atoms with Gasteiger partial charge in [0.1, 0.15) is 0 Å². The Hall–Kier alpha value is -0.830. The Balaban J connectivity index is 0.00000529. The van der Waals surface area contributed by atoms with E-state index in [1.54, 1.807) is 0 Å². The van der Waals surface area contributed by atoms with Gasteiger partial charge in [0, 0.05) is 26.2 Å². The lowest BCUT2D eigenvalue weighted by Crippen LogP contribution is -2.38. The highest BCUT2D eigenvalue weighted by molar-refractivity contribution is 14.0. The largest absolute Gasteiger partial charge is 0.357 e. The first kappa shape index (κ1) is 23.2. The number of nitrogens with zero attached hydrogens (tertiary/aromatic N) is 1. The third-order valence-electron chi connectivity index (χ3n) is 3.23. The summed E-state index contributed by atoms with van der Waals surface area (Å²) in [5.41, 5.74) is 0. The fourth-order valence-corrected chi connectivity index (χ4v) is 2.67. The van der Waals surface area contributed by atoms with E-state index >= 15 is 0 Å². The molecule has 0 aliphatic rings. The first-order chi connectivity index (χ1) is 11.1. The molecule has 5 nitrogen and oxygen atoms in total. The SMILES string of the molecule is CCNC(=NCCCNC(=O)c1cccs1)NCCCC(C)C.I. The van der Waals surface area contributed by atoms with Gasteiger partial charge >= 0.3 is 0 Å². The number of carbonyl (C=O) groups is 1. The van der Waals surface area contributed by atoms with Gasteiger partial charge < -0.3 is 16.0 Å². The Bertz CT molecular complexity index is 463. The molecule has 0 aromatic carbocycles. The summed E-state index contributed by atoms with van der Waals surface area (Å²) in [5.74, 6) is 1.60. The number of nitrogens with one attached hydrogen (secondary N) is 3. The summed E-state index contributed by atoms with van der Waals surface area (Å²) in [4.78, 5) is 17.1. The Kier molecular flexibility index (Phi) is 14.0. The van der Waals surface area contributed by atoms with Gasteiger partial charge in [-0.15, -0.1) is 35.3 Å². The summed E-state index contributed by atoms with van der Waals surface area (Å²) in [6.45, 7) is 9.68. The average molecular weight is 466 g/mol. The number of aliphatic imine (C=N–C) groups is 1. The lowest BCUT2D eigenvalue weighted by Gasteiger charge is -2.12. The molecule has 0 aliphatic heterocycles. The van der Waals surface area contributed by atoms with Crippen molar-refractivity contribution < 1.29 is 4.79 Å². The van der Waals surface area contributed by atoms with Gasteiger partial charge in [0.05, 0.1) is 4.88 Å². The second-order valence-electron chi connectivity index (χ2n) is 5.81. The summed E-state index contributed by atoms with van der Waals surface area (Å²) < 4.78 is 0. The molecule has 1 aromatic heterocycles. The molecular formula is C17H31IN4OS. The second kappa shape index (κ2) is 14.5. The van der Waals surface area contributed by atoms with E-state index in [1.807, 2.05) is 17.5 Å². The molecule has 24 heavy (non-hydrogen) atoms. The number of halogens is 1. The third-order valence-corrected chi connectivity index (χ3v) is 4.10. The number of rotatable bonds is 10. The molecule has 0 saturated heterocycles. The summed E-state index contributed by atoms with van der Waals surface area (Å²) in [6, 6.07) is 3.72. The van der Waals surface area contributed by atoms with Crippen LogP contribution < -0.4 is 16.0 Å². The zero-order valence-corrected chi connectivity index (χ0v) is 18.1. The van der Waals surface area contributed by atoms with E-state index < -0.39 is 0 Å². The quantitative estimate of drug-likeness (QED) is 0.214. The maximum Gasteiger partial charge on any atom is 0.261 e. The lowest BCUT2D eigenvalue weighted by molar-refractivity contribution is 0.0957. The Morgan fingerprint density at radius 2 is 1.96 bits per heavy atom. The Morgan fingerprint density at radius 1 is 1.21 bits per heavy atom. The van der Waals surface area contributed by atoms with Crippen LogP contribution in [0.4, 0.5) is 0 Å². The van der Waals surface area contributed by atoms with Crippen LogP contribution in [-0.4, -0.2) is 38.0 Å². The zero-order chi connectivity index (χ0) is 16.9. The van der Waals surface area contributed by atoms with Crippen molar-refractivity contribution in [2.24, 2.45) is 10.9 Å². The van der Waals surface area contributed by atoms with Crippen LogP contribution in [0, 0.1) is 5.92 Å². The molecule has 1 aromatic rings. The molecule has 0 radical (unpaired) electrons. The van der Waals surface area contributed by atoms with Crippen LogP contribution >= 0.6 is 35.3 Å². The van der Waals surface area contributed by atoms with Crippen LogP contribution in [-0.2, 0) is 0 Å². The van der Waals surface area contributed by atoms with Crippen molar-refractivity contribution >= 4 is 47.2 Å². The monoisotopic (exact) mass is 466 g/mol. The van der Waals surface area contributed by atoms with E-state index in [0.29, 0.717) is 13.1 Å². The molecule has 0 atom stereocenters. The van der Waals surface area contributed by atoms with Crippen molar-refractivity contribution in [1.29, 1.82) is 0 Å². The van der Waals surface area contributed by atoms with Crippen molar-refractivity contribution in [3.05, 3.63) is 22.4 Å². The number of hydrogen-bond donors (Lipinski definition) is 3. The molecule has 138 valence electrons. The fourth-order valence-electron chi connectivity index (χ4n) is 2.03. The predicted molar refractivity (Wildman–Crippen MR) is 115 cm³/mol. The summed E-state index contributed by atoms with van der Waals surface area (Å²) >= 11 is 1.46. The van der Waals surface area contributed by atoms with Gasteiger partial charge in [-0.1, -0.05) is 19.9 Å². The summed E-state index contributed by atoms with van der Waals surface area (Å²) in [6.07, 6.45) is 3.21. The van der Waals surface area contributed by atoms with Gasteiger partial charge in [-0.2, -0.15) is 0 Å². The molecule has 0 fully saturated rings. The van der Waals surface area contributed by atoms with Crippen LogP contribution in [0.15, 0.2) is 22.5 Å². The van der Waals surface area contributed by atoms with Gasteiger partial charge in [0.15, 0.2) is 5.96 Å². The summed E-state index contributed by atoms with van der Waals surface area (Å²) in [5, 5.41) is 11.4. The Labute approximate surface area is 167 Å². The third kappa shape index (κ3) is 10.9. The maximum absolute atomic E-state index is 11.8. The van der Waals surface area contributed by atoms with Gasteiger partial charge in [0.2, 0.25) is 0 Å². The van der Waals surface area contributed by atoms with E-state index in [2.05, 4.69) is 41.7 Å². The van der Waals surface area contributed by atoms with Crippen molar-refractivity contribution in [2.45, 2.75) is 40.0 Å². The molecule has 1 heterocycles. The fraction of sp³-hybridized carbons (Fsp3) is 0.647. The van der Waals surface area contributed by atoms with Crippen LogP contribution in [0.25, 0.3) is 0 Å². The molecule has 7 heteroatoms. The zero-order valence-electron chi connectivity index (χ0n) is 14.9. The van der Waals surface area contributed by atoms with Gasteiger partial charge in [-0.25, -0.2) is 0 Å². The van der Waals surface area contributed by atoms with E-state index in [1.165, 1.54) is 17.8 Å². The molecule has 0 unspecified atom stereocenters. The normalized spacial score (nSPS) is 11.1. The van der Waals surface area contributed by atoms with Crippen molar-refractivity contribution in [3.8, 4) is 0 Å². The molecular weight excluding hydrogens is 435 g/mol. The minimum Gasteiger partial charge on any atom is -0.357 e. The van der Waals surface area contributed by atoms with Crippen molar-refractivity contribution in [2.75, 3.05) is 26.2 Å². The van der Waals surface area contributed by atoms with E-state index in [4.69, 9.17) is 0 Å². The molecule has 1 rings (SSSR count). The van der Waals surface area contributed by atoms with Gasteiger partial charge in [0.25, 0.3) is 5.91 Å². The molecule has 0 spiro atoms. The Morgan fingerprint density at radius 3 is 2.58 bits per heavy atom. The molecule has 0 saturated carbocycles. The average Bonchev–Trinajstić information content (AvgIpc) is 3.05. The minimum absolute atomic E-state index is 0. The van der Waals surface area contributed by atoms with Crippen LogP contribution in [0.3, 0.4) is 0 Å². The number of hydrogen-bond acceptors (Lipinski definition) is 3. The topological polar surface area (TPSA) is 65.5 Å². The number of thiophene rings is 1. The minimum atomic E-state index is 0. The number of guanidine groups is 1. The molecule has 0 aliphatic carbocycles. The molecule has 0 bridgehead atoms. The number of amides is 1.